The number of hydrogen-bond acceptors (Lipinski definition) is 14. The van der Waals surface area contributed by atoms with Gasteiger partial charge in [-0.15, -0.1) is 0 Å². The Balaban J connectivity index is 1.67. The molecule has 0 amide bonds. The fourth-order valence-corrected chi connectivity index (χ4v) is 11.4. The predicted molar refractivity (Wildman–Crippen MR) is 226 cm³/mol. The monoisotopic (exact) mass is 861 g/mol. The number of piperidine rings is 4. The van der Waals surface area contributed by atoms with Crippen molar-refractivity contribution < 1.29 is 52.9 Å². The van der Waals surface area contributed by atoms with Crippen molar-refractivity contribution in [2.75, 3.05) is 0 Å². The molecule has 4 N–H and O–H groups in total. The van der Waals surface area contributed by atoms with E-state index in [1.807, 2.05) is 55.4 Å². The van der Waals surface area contributed by atoms with Crippen LogP contribution < -0.4 is 10.6 Å². The highest BCUT2D eigenvalue weighted by atomic mass is 19.1. The molecule has 4 heterocycles. The first-order valence-electron chi connectivity index (χ1n) is 21.7. The number of esters is 4. The van der Waals surface area contributed by atoms with Crippen LogP contribution in [0.4, 0.5) is 4.39 Å². The quantitative estimate of drug-likeness (QED) is 0.147. The third kappa shape index (κ3) is 10.9. The summed E-state index contributed by atoms with van der Waals surface area (Å²) in [7, 11) is 0. The Hall–Kier alpha value is -3.21. The molecule has 0 spiro atoms. The minimum Gasteiger partial charge on any atom is -0.459 e. The summed E-state index contributed by atoms with van der Waals surface area (Å²) in [6.07, 6.45) is -0.838. The molecule has 0 aromatic heterocycles. The van der Waals surface area contributed by atoms with E-state index in [1.54, 1.807) is 55.4 Å². The summed E-state index contributed by atoms with van der Waals surface area (Å²) in [6.45, 7) is 30.0. The van der Waals surface area contributed by atoms with Crippen molar-refractivity contribution in [3.05, 3.63) is 34.1 Å². The van der Waals surface area contributed by atoms with Gasteiger partial charge in [0.1, 0.15) is 30.0 Å². The van der Waals surface area contributed by atoms with Gasteiger partial charge in [0, 0.05) is 95.7 Å². The highest BCUT2D eigenvalue weighted by molar-refractivity contribution is 6.12. The number of rotatable bonds is 8. The van der Waals surface area contributed by atoms with Crippen LogP contribution in [-0.4, -0.2) is 113 Å². The average molecular weight is 861 g/mol. The lowest BCUT2D eigenvalue weighted by Gasteiger charge is -2.50. The molecule has 0 bridgehead atoms. The molecule has 0 unspecified atom stereocenters. The average Bonchev–Trinajstić information content (AvgIpc) is 3.02. The molecular weight excluding hydrogens is 788 g/mol. The zero-order valence-corrected chi connectivity index (χ0v) is 39.5. The molecule has 15 heteroatoms. The molecule has 4 fully saturated rings. The first-order valence-corrected chi connectivity index (χ1v) is 21.7. The van der Waals surface area contributed by atoms with E-state index in [4.69, 9.17) is 18.9 Å². The smallest absolute Gasteiger partial charge is 0.342 e. The number of nitrogens with zero attached hydrogens (tertiary/aromatic N) is 2. The van der Waals surface area contributed by atoms with Crippen LogP contribution >= 0.6 is 0 Å². The second kappa shape index (κ2) is 16.1. The van der Waals surface area contributed by atoms with Crippen LogP contribution in [0.15, 0.2) is 6.07 Å². The van der Waals surface area contributed by atoms with Gasteiger partial charge < -0.3 is 40.0 Å². The molecule has 344 valence electrons. The second-order valence-corrected chi connectivity index (χ2v) is 23.4. The first-order chi connectivity index (χ1) is 27.5. The number of ether oxygens (including phenoxy) is 4. The van der Waals surface area contributed by atoms with Crippen LogP contribution in [0.5, 0.6) is 0 Å². The van der Waals surface area contributed by atoms with E-state index >= 15 is 4.39 Å². The van der Waals surface area contributed by atoms with Crippen LogP contribution in [0.25, 0.3) is 0 Å². The van der Waals surface area contributed by atoms with E-state index in [9.17, 15) is 29.6 Å². The van der Waals surface area contributed by atoms with Crippen molar-refractivity contribution in [2.45, 2.75) is 231 Å². The summed E-state index contributed by atoms with van der Waals surface area (Å²) in [5.74, 6) is -6.07. The van der Waals surface area contributed by atoms with Gasteiger partial charge in [-0.3, -0.25) is 0 Å². The van der Waals surface area contributed by atoms with Crippen LogP contribution in [0.2, 0.25) is 0 Å². The van der Waals surface area contributed by atoms with Crippen molar-refractivity contribution in [3.63, 3.8) is 0 Å². The number of carbonyl (C=O) groups excluding carboxylic acids is 4. The zero-order chi connectivity index (χ0) is 46.3. The summed E-state index contributed by atoms with van der Waals surface area (Å²) < 4.78 is 41.7. The van der Waals surface area contributed by atoms with Gasteiger partial charge >= 0.3 is 23.9 Å². The minimum absolute atomic E-state index is 0.145. The molecule has 0 saturated carbocycles. The molecule has 5 rings (SSSR count). The Morgan fingerprint density at radius 1 is 0.475 bits per heavy atom. The predicted octanol–water partition coefficient (Wildman–Crippen LogP) is 7.89. The molecule has 14 nitrogen and oxygen atoms in total. The van der Waals surface area contributed by atoms with Gasteiger partial charge in [-0.1, -0.05) is 0 Å². The normalized spacial score (nSPS) is 26.2. The maximum Gasteiger partial charge on any atom is 0.342 e. The fourth-order valence-electron chi connectivity index (χ4n) is 11.4. The number of benzene rings is 1. The van der Waals surface area contributed by atoms with Gasteiger partial charge in [0.2, 0.25) is 0 Å². The van der Waals surface area contributed by atoms with E-state index in [2.05, 4.69) is 10.6 Å². The molecule has 4 aliphatic rings. The summed E-state index contributed by atoms with van der Waals surface area (Å²) in [5.41, 5.74) is -8.23. The van der Waals surface area contributed by atoms with Gasteiger partial charge in [-0.2, -0.15) is 10.1 Å². The van der Waals surface area contributed by atoms with Crippen LogP contribution in [0.1, 0.15) is 204 Å². The lowest BCUT2D eigenvalue weighted by molar-refractivity contribution is -0.256. The zero-order valence-electron chi connectivity index (χ0n) is 39.5. The Bertz CT molecular complexity index is 1840. The summed E-state index contributed by atoms with van der Waals surface area (Å²) in [4.78, 5) is 58.3. The van der Waals surface area contributed by atoms with E-state index in [1.165, 1.54) is 10.1 Å². The molecule has 0 atom stereocenters. The number of hydrogen-bond donors (Lipinski definition) is 4. The lowest BCUT2D eigenvalue weighted by atomic mass is 9.80. The Morgan fingerprint density at radius 2 is 0.738 bits per heavy atom. The number of halogens is 1. The van der Waals surface area contributed by atoms with Crippen molar-refractivity contribution in [3.8, 4) is 0 Å². The summed E-state index contributed by atoms with van der Waals surface area (Å²) in [6, 6.07) is 0.926. The molecule has 61 heavy (non-hydrogen) atoms. The van der Waals surface area contributed by atoms with E-state index < -0.39 is 121 Å². The summed E-state index contributed by atoms with van der Waals surface area (Å²) >= 11 is 0. The summed E-state index contributed by atoms with van der Waals surface area (Å²) in [5, 5.41) is 31.4. The maximum absolute atomic E-state index is 17.5. The van der Waals surface area contributed by atoms with Crippen molar-refractivity contribution in [2.24, 2.45) is 0 Å². The van der Waals surface area contributed by atoms with Crippen LogP contribution in [0.3, 0.4) is 0 Å². The highest BCUT2D eigenvalue weighted by Crippen LogP contribution is 2.41. The first kappa shape index (κ1) is 48.8. The molecule has 4 saturated heterocycles. The third-order valence-corrected chi connectivity index (χ3v) is 12.7. The molecule has 1 aromatic carbocycles. The Labute approximate surface area is 361 Å². The minimum atomic E-state index is -1.40. The van der Waals surface area contributed by atoms with Crippen molar-refractivity contribution in [1.82, 2.24) is 20.8 Å². The largest absolute Gasteiger partial charge is 0.459 e. The van der Waals surface area contributed by atoms with Gasteiger partial charge in [0.15, 0.2) is 5.82 Å². The molecular formula is C46H73FN4O10. The van der Waals surface area contributed by atoms with Crippen molar-refractivity contribution in [1.29, 1.82) is 0 Å². The van der Waals surface area contributed by atoms with Gasteiger partial charge in [-0.05, 0) is 117 Å². The third-order valence-electron chi connectivity index (χ3n) is 12.7. The van der Waals surface area contributed by atoms with Gasteiger partial charge in [0.25, 0.3) is 0 Å². The molecule has 4 aliphatic heterocycles. The maximum atomic E-state index is 17.5. The Morgan fingerprint density at radius 3 is 1.07 bits per heavy atom. The van der Waals surface area contributed by atoms with Crippen molar-refractivity contribution >= 4 is 23.9 Å². The van der Waals surface area contributed by atoms with E-state index in [0.717, 1.165) is 6.07 Å². The molecule has 0 aliphatic carbocycles. The number of hydroxylamine groups is 4. The van der Waals surface area contributed by atoms with Crippen LogP contribution in [0, 0.1) is 5.82 Å². The standard InChI is InChI=1S/C46H73FN4O10/c1-39(2)18-26(19-40(3,4)48-39)58-36(53)31-17-30(35(52)59-28-22-43(9,10)50(56)44(11,12)23-28)32(37(54)60-27-20-41(5,6)49-42(7,8)21-27)33(34(31)47)38(55)61-29-24-45(13,14)51(57)46(15,16)25-29/h17,26-29,48-49,56-57H,18-25H2,1-16H3. The Kier molecular flexibility index (Phi) is 12.9. The second-order valence-electron chi connectivity index (χ2n) is 23.4. The van der Waals surface area contributed by atoms with E-state index in [0.29, 0.717) is 25.7 Å². The van der Waals surface area contributed by atoms with Gasteiger partial charge in [-0.25, -0.2) is 23.6 Å². The lowest BCUT2D eigenvalue weighted by Crippen LogP contribution is -2.60. The number of carbonyl (C=O) groups is 4. The van der Waals surface area contributed by atoms with Crippen LogP contribution in [-0.2, 0) is 18.9 Å². The SMILES string of the molecule is CC1(C)CC(OC(=O)c2cc(C(=O)OC3CC(C)(C)N(O)C(C)(C)C3)c(C(=O)OC3CC(C)(C)NC(C)(C)C3)c(C(=O)OC3CC(C)(C)N(O)C(C)(C)C3)c2F)CC(C)(C)N1. The highest BCUT2D eigenvalue weighted by Gasteiger charge is 2.50. The van der Waals surface area contributed by atoms with Gasteiger partial charge in [0.05, 0.1) is 16.7 Å². The molecule has 0 radical (unpaired) electrons. The molecule has 1 aromatic rings. The number of nitrogens with one attached hydrogen (secondary N) is 2. The topological polar surface area (TPSA) is 176 Å². The fraction of sp³-hybridized carbons (Fsp3) is 0.783. The van der Waals surface area contributed by atoms with E-state index in [-0.39, 0.29) is 25.7 Å².